The number of hydrogen-bond donors (Lipinski definition) is 0. The quantitative estimate of drug-likeness (QED) is 0.249. The van der Waals surface area contributed by atoms with E-state index in [1.807, 2.05) is 24.3 Å². The molecular formula is C30H40N2O4S2. The number of unbranched alkanes of at least 4 members (excludes halogenated alkanes) is 3. The first-order valence-electron chi connectivity index (χ1n) is 13.8. The molecule has 2 saturated heterocycles. The minimum atomic E-state index is 0.736. The Morgan fingerprint density at radius 3 is 1.32 bits per heavy atom. The summed E-state index contributed by atoms with van der Waals surface area (Å²) in [5, 5.41) is 0. The maximum absolute atomic E-state index is 5.93. The molecule has 0 spiro atoms. The molecule has 2 aliphatic heterocycles. The van der Waals surface area contributed by atoms with Crippen molar-refractivity contribution in [2.75, 3.05) is 65.8 Å². The Hall–Kier alpha value is -2.26. The van der Waals surface area contributed by atoms with E-state index in [4.69, 9.17) is 43.4 Å². The predicted octanol–water partition coefficient (Wildman–Crippen LogP) is 5.11. The largest absolute Gasteiger partial charge is 0.494 e. The van der Waals surface area contributed by atoms with Crippen LogP contribution in [0.1, 0.15) is 36.8 Å². The van der Waals surface area contributed by atoms with E-state index in [9.17, 15) is 0 Å². The Morgan fingerprint density at radius 2 is 0.947 bits per heavy atom. The lowest BCUT2D eigenvalue weighted by Gasteiger charge is -2.29. The van der Waals surface area contributed by atoms with Crippen LogP contribution in [0, 0.1) is 0 Å². The van der Waals surface area contributed by atoms with Crippen molar-refractivity contribution in [1.82, 2.24) is 9.80 Å². The van der Waals surface area contributed by atoms with Crippen molar-refractivity contribution in [1.29, 1.82) is 0 Å². The maximum atomic E-state index is 5.93. The molecule has 0 aliphatic carbocycles. The summed E-state index contributed by atoms with van der Waals surface area (Å²) in [7, 11) is 0. The lowest BCUT2D eigenvalue weighted by molar-refractivity contribution is 0.0684. The van der Waals surface area contributed by atoms with Gasteiger partial charge in [-0.1, -0.05) is 48.7 Å². The molecule has 2 fully saturated rings. The van der Waals surface area contributed by atoms with Gasteiger partial charge in [-0.05, 0) is 61.1 Å². The average Bonchev–Trinajstić information content (AvgIpc) is 2.97. The summed E-state index contributed by atoms with van der Waals surface area (Å²) in [6.07, 6.45) is 5.94. The van der Waals surface area contributed by atoms with Gasteiger partial charge in [-0.15, -0.1) is 0 Å². The van der Waals surface area contributed by atoms with E-state index in [1.54, 1.807) is 0 Å². The molecule has 0 unspecified atom stereocenters. The molecule has 0 amide bonds. The first kappa shape index (κ1) is 28.7. The highest BCUT2D eigenvalue weighted by Crippen LogP contribution is 2.17. The number of thiocarbonyl (C=S) groups is 2. The third-order valence-corrected chi connectivity index (χ3v) is 7.67. The van der Waals surface area contributed by atoms with Gasteiger partial charge in [-0.2, -0.15) is 0 Å². The lowest BCUT2D eigenvalue weighted by Crippen LogP contribution is -2.40. The molecule has 206 valence electrons. The van der Waals surface area contributed by atoms with Gasteiger partial charge in [-0.25, -0.2) is 0 Å². The van der Waals surface area contributed by atoms with E-state index >= 15 is 0 Å². The number of nitrogens with zero attached hydrogens (tertiary/aromatic N) is 2. The van der Waals surface area contributed by atoms with Crippen LogP contribution >= 0.6 is 24.4 Å². The Kier molecular flexibility index (Phi) is 12.1. The monoisotopic (exact) mass is 556 g/mol. The fraction of sp³-hybridized carbons (Fsp3) is 0.533. The van der Waals surface area contributed by atoms with E-state index in [1.165, 1.54) is 11.1 Å². The highest BCUT2D eigenvalue weighted by Gasteiger charge is 2.15. The molecule has 0 atom stereocenters. The van der Waals surface area contributed by atoms with Gasteiger partial charge in [0.1, 0.15) is 11.5 Å². The van der Waals surface area contributed by atoms with Crippen molar-refractivity contribution in [3.05, 3.63) is 59.7 Å². The second-order valence-electron chi connectivity index (χ2n) is 9.74. The van der Waals surface area contributed by atoms with Crippen molar-refractivity contribution < 1.29 is 18.9 Å². The summed E-state index contributed by atoms with van der Waals surface area (Å²) in [4.78, 5) is 6.48. The van der Waals surface area contributed by atoms with Gasteiger partial charge >= 0.3 is 0 Å². The Bertz CT molecular complexity index is 907. The molecule has 8 heteroatoms. The minimum Gasteiger partial charge on any atom is -0.494 e. The first-order valence-corrected chi connectivity index (χ1v) is 14.6. The van der Waals surface area contributed by atoms with Crippen molar-refractivity contribution in [3.63, 3.8) is 0 Å². The molecule has 0 aromatic heterocycles. The molecule has 2 heterocycles. The third-order valence-electron chi connectivity index (χ3n) is 6.86. The van der Waals surface area contributed by atoms with E-state index in [0.717, 1.165) is 126 Å². The molecular weight excluding hydrogens is 516 g/mol. The normalized spacial score (nSPS) is 15.8. The van der Waals surface area contributed by atoms with E-state index in [0.29, 0.717) is 0 Å². The third kappa shape index (κ3) is 9.80. The number of hydrogen-bond acceptors (Lipinski definition) is 6. The van der Waals surface area contributed by atoms with Crippen molar-refractivity contribution in [3.8, 4) is 11.5 Å². The predicted molar refractivity (Wildman–Crippen MR) is 160 cm³/mol. The van der Waals surface area contributed by atoms with Crippen LogP contribution in [-0.4, -0.2) is 85.6 Å². The SMILES string of the molecule is S=C(Cc1ccc(OCCCCCCOc2ccc(CC(=S)N3CCOCC3)cc2)cc1)N1CCOCC1. The van der Waals surface area contributed by atoms with Crippen LogP contribution in [0.2, 0.25) is 0 Å². The van der Waals surface area contributed by atoms with Gasteiger partial charge in [0.15, 0.2) is 0 Å². The van der Waals surface area contributed by atoms with Crippen molar-refractivity contribution in [2.24, 2.45) is 0 Å². The van der Waals surface area contributed by atoms with Gasteiger partial charge in [0.2, 0.25) is 0 Å². The van der Waals surface area contributed by atoms with Gasteiger partial charge in [0.25, 0.3) is 0 Å². The van der Waals surface area contributed by atoms with Crippen LogP contribution in [0.25, 0.3) is 0 Å². The fourth-order valence-corrected chi connectivity index (χ4v) is 5.24. The molecule has 2 aliphatic rings. The van der Waals surface area contributed by atoms with Crippen LogP contribution < -0.4 is 9.47 Å². The molecule has 2 aromatic rings. The zero-order valence-corrected chi connectivity index (χ0v) is 23.9. The standard InChI is InChI=1S/C30H40N2O4S2/c37-29(31-13-19-33-20-14-31)23-25-5-9-27(10-6-25)35-17-3-1-2-4-18-36-28-11-7-26(8-12-28)24-30(38)32-15-21-34-22-16-32/h5-12H,1-4,13-24H2. The molecule has 6 nitrogen and oxygen atoms in total. The summed E-state index contributed by atoms with van der Waals surface area (Å²) in [6.45, 7) is 8.10. The van der Waals surface area contributed by atoms with Crippen LogP contribution in [0.3, 0.4) is 0 Å². The summed E-state index contributed by atoms with van der Waals surface area (Å²) in [6, 6.07) is 16.7. The van der Waals surface area contributed by atoms with Gasteiger partial charge in [0.05, 0.1) is 49.6 Å². The molecule has 0 N–H and O–H groups in total. The van der Waals surface area contributed by atoms with E-state index in [-0.39, 0.29) is 0 Å². The molecule has 4 rings (SSSR count). The van der Waals surface area contributed by atoms with Gasteiger partial charge in [-0.3, -0.25) is 0 Å². The highest BCUT2D eigenvalue weighted by atomic mass is 32.1. The molecule has 2 aromatic carbocycles. The van der Waals surface area contributed by atoms with Crippen LogP contribution in [-0.2, 0) is 22.3 Å². The van der Waals surface area contributed by atoms with Gasteiger partial charge < -0.3 is 28.7 Å². The first-order chi connectivity index (χ1) is 18.7. The van der Waals surface area contributed by atoms with Crippen molar-refractivity contribution >= 4 is 34.4 Å². The molecule has 0 saturated carbocycles. The van der Waals surface area contributed by atoms with E-state index < -0.39 is 0 Å². The average molecular weight is 557 g/mol. The molecule has 38 heavy (non-hydrogen) atoms. The maximum Gasteiger partial charge on any atom is 0.119 e. The number of benzene rings is 2. The Morgan fingerprint density at radius 1 is 0.579 bits per heavy atom. The van der Waals surface area contributed by atoms with Gasteiger partial charge in [0, 0.05) is 39.0 Å². The van der Waals surface area contributed by atoms with Crippen LogP contribution in [0.4, 0.5) is 0 Å². The minimum absolute atomic E-state index is 0.736. The summed E-state index contributed by atoms with van der Waals surface area (Å²) < 4.78 is 22.7. The Balaban J connectivity index is 1.02. The number of morpholine rings is 2. The highest BCUT2D eigenvalue weighted by molar-refractivity contribution is 7.80. The smallest absolute Gasteiger partial charge is 0.119 e. The number of ether oxygens (including phenoxy) is 4. The lowest BCUT2D eigenvalue weighted by atomic mass is 10.1. The summed E-state index contributed by atoms with van der Waals surface area (Å²) in [5.74, 6) is 1.84. The fourth-order valence-electron chi connectivity index (χ4n) is 4.54. The zero-order chi connectivity index (χ0) is 26.4. The second kappa shape index (κ2) is 16.0. The van der Waals surface area contributed by atoms with Crippen LogP contribution in [0.5, 0.6) is 11.5 Å². The summed E-state index contributed by atoms with van der Waals surface area (Å²) in [5.41, 5.74) is 2.44. The zero-order valence-electron chi connectivity index (χ0n) is 22.3. The molecule has 0 bridgehead atoms. The second-order valence-corrected chi connectivity index (χ2v) is 10.7. The Labute approximate surface area is 238 Å². The van der Waals surface area contributed by atoms with E-state index in [2.05, 4.69) is 34.1 Å². The topological polar surface area (TPSA) is 43.4 Å². The number of rotatable bonds is 13. The molecule has 0 radical (unpaired) electrons. The van der Waals surface area contributed by atoms with Crippen molar-refractivity contribution in [2.45, 2.75) is 38.5 Å². The summed E-state index contributed by atoms with van der Waals surface area (Å²) >= 11 is 11.2. The van der Waals surface area contributed by atoms with Crippen LogP contribution in [0.15, 0.2) is 48.5 Å².